The highest BCUT2D eigenvalue weighted by Crippen LogP contribution is 2.41. The smallest absolute Gasteiger partial charge is 0.280 e. The van der Waals surface area contributed by atoms with E-state index in [0.29, 0.717) is 44.6 Å². The van der Waals surface area contributed by atoms with Crippen LogP contribution >= 0.6 is 12.4 Å². The van der Waals surface area contributed by atoms with Gasteiger partial charge in [0.2, 0.25) is 14.7 Å². The Morgan fingerprint density at radius 3 is 2.22 bits per heavy atom. The van der Waals surface area contributed by atoms with Gasteiger partial charge in [-0.25, -0.2) is 13.9 Å². The quantitative estimate of drug-likeness (QED) is 0.250. The van der Waals surface area contributed by atoms with Crippen LogP contribution in [0.1, 0.15) is 57.9 Å². The van der Waals surface area contributed by atoms with Crippen LogP contribution in [0, 0.1) is 5.92 Å². The van der Waals surface area contributed by atoms with E-state index in [1.807, 2.05) is 13.8 Å². The van der Waals surface area contributed by atoms with Crippen LogP contribution in [0.25, 0.3) is 0 Å². The summed E-state index contributed by atoms with van der Waals surface area (Å²) in [5, 5.41) is 12.8. The molecule has 206 valence electrons. The lowest BCUT2D eigenvalue weighted by molar-refractivity contribution is -0.135. The summed E-state index contributed by atoms with van der Waals surface area (Å²) in [7, 11) is -4.31. The minimum atomic E-state index is -4.31. The number of hydroxylamine groups is 1. The number of amides is 1. The molecule has 2 aromatic rings. The third-order valence-corrected chi connectivity index (χ3v) is 8.98. The van der Waals surface area contributed by atoms with Crippen LogP contribution in [0.2, 0.25) is 0 Å². The summed E-state index contributed by atoms with van der Waals surface area (Å²) >= 11 is 0. The van der Waals surface area contributed by atoms with Gasteiger partial charge in [-0.15, -0.1) is 12.4 Å². The molecule has 1 heterocycles. The van der Waals surface area contributed by atoms with Crippen LogP contribution in [0.3, 0.4) is 0 Å². The number of carbonyl (C=O) groups excluding carboxylic acids is 1. The Morgan fingerprint density at radius 2 is 1.65 bits per heavy atom. The van der Waals surface area contributed by atoms with Crippen LogP contribution in [0.4, 0.5) is 0 Å². The van der Waals surface area contributed by atoms with Gasteiger partial charge in [0.1, 0.15) is 5.75 Å². The average molecular weight is 556 g/mol. The largest absolute Gasteiger partial charge is 0.494 e. The first kappa shape index (κ1) is 31.0. The van der Waals surface area contributed by atoms with Crippen molar-refractivity contribution >= 4 is 28.2 Å². The van der Waals surface area contributed by atoms with Crippen LogP contribution < -0.4 is 15.5 Å². The molecule has 9 nitrogen and oxygen atoms in total. The summed E-state index contributed by atoms with van der Waals surface area (Å²) in [5.74, 6) is -1.04. The lowest BCUT2D eigenvalue weighted by atomic mass is 9.81. The molecule has 1 aliphatic rings. The van der Waals surface area contributed by atoms with Crippen LogP contribution in [0.15, 0.2) is 53.7 Å². The molecule has 0 saturated heterocycles. The summed E-state index contributed by atoms with van der Waals surface area (Å²) < 4.78 is 39.9. The molecule has 1 aliphatic carbocycles. The second-order valence-electron chi connectivity index (χ2n) is 9.05. The van der Waals surface area contributed by atoms with Crippen molar-refractivity contribution in [2.24, 2.45) is 5.92 Å². The molecule has 1 saturated carbocycles. The number of nitrogens with one attached hydrogen (secondary N) is 2. The van der Waals surface area contributed by atoms with Gasteiger partial charge in [-0.3, -0.25) is 20.3 Å². The lowest BCUT2D eigenvalue weighted by Gasteiger charge is -2.42. The molecule has 1 fully saturated rings. The number of benzene rings is 1. The van der Waals surface area contributed by atoms with Gasteiger partial charge in [0.15, 0.2) is 0 Å². The first-order chi connectivity index (χ1) is 17.4. The first-order valence-corrected chi connectivity index (χ1v) is 14.0. The molecule has 1 aromatic carbocycles. The highest BCUT2D eigenvalue weighted by atomic mass is 35.5. The maximum absolute atomic E-state index is 14.2. The Bertz CT molecular complexity index is 1060. The number of rotatable bonds is 13. The second kappa shape index (κ2) is 14.6. The molecule has 0 spiro atoms. The fourth-order valence-corrected chi connectivity index (χ4v) is 6.80. The van der Waals surface area contributed by atoms with Gasteiger partial charge >= 0.3 is 0 Å². The molecule has 37 heavy (non-hydrogen) atoms. The van der Waals surface area contributed by atoms with E-state index in [0.717, 1.165) is 18.4 Å². The number of sulfone groups is 1. The topological polar surface area (TPSA) is 127 Å². The van der Waals surface area contributed by atoms with Crippen LogP contribution in [0.5, 0.6) is 5.75 Å². The number of hydrogen-bond donors (Lipinski definition) is 3. The van der Waals surface area contributed by atoms with E-state index in [2.05, 4.69) is 10.3 Å². The molecular formula is C26H38ClN3O6S. The zero-order chi connectivity index (χ0) is 26.0. The van der Waals surface area contributed by atoms with E-state index in [-0.39, 0.29) is 30.0 Å². The van der Waals surface area contributed by atoms with Crippen LogP contribution in [-0.2, 0) is 25.9 Å². The van der Waals surface area contributed by atoms with Crippen molar-refractivity contribution < 1.29 is 27.9 Å². The molecule has 0 aliphatic heterocycles. The molecule has 3 rings (SSSR count). The summed E-state index contributed by atoms with van der Waals surface area (Å²) in [5.41, 5.74) is 2.41. The molecular weight excluding hydrogens is 518 g/mol. The van der Waals surface area contributed by atoms with Gasteiger partial charge in [-0.1, -0.05) is 13.8 Å². The number of halogens is 1. The molecule has 11 heteroatoms. The van der Waals surface area contributed by atoms with Crippen LogP contribution in [-0.4, -0.2) is 48.7 Å². The molecule has 1 amide bonds. The third kappa shape index (κ3) is 7.20. The van der Waals surface area contributed by atoms with Gasteiger partial charge in [-0.2, -0.15) is 0 Å². The summed E-state index contributed by atoms with van der Waals surface area (Å²) in [6.45, 7) is 5.27. The van der Waals surface area contributed by atoms with E-state index >= 15 is 0 Å². The van der Waals surface area contributed by atoms with E-state index in [1.54, 1.807) is 42.1 Å². The Balaban J connectivity index is 0.00000481. The maximum Gasteiger partial charge on any atom is 0.280 e. The molecule has 1 atom stereocenters. The normalized spacial score (nSPS) is 19.3. The van der Waals surface area contributed by atoms with Crippen molar-refractivity contribution in [1.82, 2.24) is 15.8 Å². The highest BCUT2D eigenvalue weighted by Gasteiger charge is 2.57. The SMILES string of the molecule is CCCOc1ccc(S(=O)(=O)[C@@](NCc2ccncc2)(C(=O)NO)C2CCC(OCCC)CC2)cc1.Cl. The molecule has 0 radical (unpaired) electrons. The third-order valence-electron chi connectivity index (χ3n) is 6.58. The summed E-state index contributed by atoms with van der Waals surface area (Å²) in [4.78, 5) is 15.2. The van der Waals surface area contributed by atoms with Gasteiger partial charge in [0.25, 0.3) is 5.91 Å². The summed E-state index contributed by atoms with van der Waals surface area (Å²) in [6, 6.07) is 9.56. The first-order valence-electron chi connectivity index (χ1n) is 12.6. The molecule has 0 unspecified atom stereocenters. The predicted octanol–water partition coefficient (Wildman–Crippen LogP) is 4.04. The van der Waals surface area contributed by atoms with Crippen molar-refractivity contribution in [2.45, 2.75) is 74.8 Å². The number of ether oxygens (including phenoxy) is 2. The van der Waals surface area contributed by atoms with Gasteiger partial charge in [0, 0.05) is 31.5 Å². The zero-order valence-electron chi connectivity index (χ0n) is 21.4. The number of carbonyl (C=O) groups is 1. The predicted molar refractivity (Wildman–Crippen MR) is 142 cm³/mol. The summed E-state index contributed by atoms with van der Waals surface area (Å²) in [6.07, 6.45) is 7.09. The van der Waals surface area contributed by atoms with Gasteiger partial charge in [-0.05, 0) is 80.5 Å². The van der Waals surface area contributed by atoms with Crippen molar-refractivity contribution in [3.8, 4) is 5.75 Å². The number of pyridine rings is 1. The van der Waals surface area contributed by atoms with Crippen molar-refractivity contribution in [3.05, 3.63) is 54.4 Å². The molecule has 3 N–H and O–H groups in total. The fourth-order valence-electron chi connectivity index (χ4n) is 4.70. The van der Waals surface area contributed by atoms with E-state index in [9.17, 15) is 18.4 Å². The zero-order valence-corrected chi connectivity index (χ0v) is 23.0. The van der Waals surface area contributed by atoms with E-state index < -0.39 is 26.5 Å². The van der Waals surface area contributed by atoms with Gasteiger partial charge < -0.3 is 9.47 Å². The monoisotopic (exact) mass is 555 g/mol. The van der Waals surface area contributed by atoms with Gasteiger partial charge in [0.05, 0.1) is 17.6 Å². The fraction of sp³-hybridized carbons (Fsp3) is 0.538. The number of aromatic nitrogens is 1. The van der Waals surface area contributed by atoms with E-state index in [4.69, 9.17) is 9.47 Å². The minimum Gasteiger partial charge on any atom is -0.494 e. The lowest BCUT2D eigenvalue weighted by Crippen LogP contribution is -2.66. The Kier molecular flexibility index (Phi) is 12.3. The van der Waals surface area contributed by atoms with E-state index in [1.165, 1.54) is 12.1 Å². The highest BCUT2D eigenvalue weighted by molar-refractivity contribution is 7.93. The molecule has 1 aromatic heterocycles. The average Bonchev–Trinajstić information content (AvgIpc) is 2.92. The van der Waals surface area contributed by atoms with Crippen molar-refractivity contribution in [1.29, 1.82) is 0 Å². The second-order valence-corrected chi connectivity index (χ2v) is 11.2. The number of hydrogen-bond acceptors (Lipinski definition) is 8. The molecule has 0 bridgehead atoms. The Hall–Kier alpha value is -2.24. The van der Waals surface area contributed by atoms with Crippen molar-refractivity contribution in [3.63, 3.8) is 0 Å². The minimum absolute atomic E-state index is 0. The Morgan fingerprint density at radius 1 is 1.03 bits per heavy atom. The standard InChI is InChI=1S/C26H37N3O6S.ClH/c1-3-17-34-22-7-5-21(6-8-22)26(25(30)29-31,28-19-20-13-15-27-16-14-20)36(32,33)24-11-9-23(10-12-24)35-18-4-2;/h9-16,21-22,28,31H,3-8,17-19H2,1-2H3,(H,29,30);1H/t21?,22?,26-;/m1./s1. The van der Waals surface area contributed by atoms with Crippen molar-refractivity contribution in [2.75, 3.05) is 13.2 Å². The number of nitrogens with zero attached hydrogens (tertiary/aromatic N) is 1. The Labute approximate surface area is 225 Å². The maximum atomic E-state index is 14.2.